The zero-order chi connectivity index (χ0) is 13.9. The normalized spacial score (nSPS) is 19.1. The summed E-state index contributed by atoms with van der Waals surface area (Å²) in [6, 6.07) is 5.45. The molecule has 6 nitrogen and oxygen atoms in total. The van der Waals surface area contributed by atoms with Crippen molar-refractivity contribution in [3.8, 4) is 0 Å². The number of imidazole rings is 1. The number of hydrogen-bond acceptors (Lipinski definition) is 4. The van der Waals surface area contributed by atoms with E-state index >= 15 is 0 Å². The molecule has 0 radical (unpaired) electrons. The number of H-pyrrole nitrogens is 1. The molecular formula is C13H15ClN4O2. The van der Waals surface area contributed by atoms with Gasteiger partial charge in [0.05, 0.1) is 29.7 Å². The van der Waals surface area contributed by atoms with Crippen LogP contribution in [0.3, 0.4) is 0 Å². The fraction of sp³-hybridized carbons (Fsp3) is 0.385. The van der Waals surface area contributed by atoms with Crippen molar-refractivity contribution in [1.29, 1.82) is 0 Å². The summed E-state index contributed by atoms with van der Waals surface area (Å²) in [6.45, 7) is 2.16. The van der Waals surface area contributed by atoms with E-state index in [4.69, 9.17) is 16.3 Å². The van der Waals surface area contributed by atoms with E-state index in [1.54, 1.807) is 6.07 Å². The quantitative estimate of drug-likeness (QED) is 0.802. The van der Waals surface area contributed by atoms with E-state index in [1.807, 2.05) is 12.1 Å². The number of halogens is 1. The maximum Gasteiger partial charge on any atom is 0.229 e. The first-order valence-corrected chi connectivity index (χ1v) is 6.86. The molecule has 1 fully saturated rings. The zero-order valence-electron chi connectivity index (χ0n) is 10.8. The Labute approximate surface area is 120 Å². The predicted molar refractivity (Wildman–Crippen MR) is 77.0 cm³/mol. The average Bonchev–Trinajstić information content (AvgIpc) is 2.83. The number of rotatable bonds is 3. The summed E-state index contributed by atoms with van der Waals surface area (Å²) in [5.74, 6) is 0.274. The number of fused-ring (bicyclic) bond motifs is 1. The minimum atomic E-state index is -0.131. The first-order chi connectivity index (χ1) is 9.72. The van der Waals surface area contributed by atoms with Crippen molar-refractivity contribution in [3.63, 3.8) is 0 Å². The molecule has 0 spiro atoms. The highest BCUT2D eigenvalue weighted by Gasteiger charge is 2.18. The average molecular weight is 295 g/mol. The van der Waals surface area contributed by atoms with Gasteiger partial charge < -0.3 is 15.0 Å². The lowest BCUT2D eigenvalue weighted by molar-refractivity contribution is -0.119. The first-order valence-electron chi connectivity index (χ1n) is 6.49. The Hall–Kier alpha value is -1.63. The summed E-state index contributed by atoms with van der Waals surface area (Å²) in [5, 5.41) is 6.48. The van der Waals surface area contributed by atoms with E-state index in [1.165, 1.54) is 0 Å². The van der Waals surface area contributed by atoms with Gasteiger partial charge in [-0.05, 0) is 12.1 Å². The molecular weight excluding hydrogens is 280 g/mol. The number of carbonyl (C=O) groups excluding carboxylic acids is 1. The topological polar surface area (TPSA) is 79.0 Å². The van der Waals surface area contributed by atoms with Crippen LogP contribution in [0.15, 0.2) is 18.2 Å². The van der Waals surface area contributed by atoms with Crippen molar-refractivity contribution in [1.82, 2.24) is 15.3 Å². The molecule has 106 valence electrons. The van der Waals surface area contributed by atoms with Crippen LogP contribution < -0.4 is 10.6 Å². The van der Waals surface area contributed by atoms with Crippen molar-refractivity contribution in [2.75, 3.05) is 25.0 Å². The van der Waals surface area contributed by atoms with E-state index in [-0.39, 0.29) is 12.0 Å². The molecule has 2 aromatic rings. The van der Waals surface area contributed by atoms with Crippen LogP contribution in [0.5, 0.6) is 0 Å². The standard InChI is InChI=1S/C13H15ClN4O2/c14-9-2-1-3-10-12(9)18-13(16-10)17-11(19)6-8-7-15-4-5-20-8/h1-3,8,15H,4-7H2,(H2,16,17,18,19). The van der Waals surface area contributed by atoms with Crippen LogP contribution in [-0.4, -0.2) is 41.7 Å². The van der Waals surface area contributed by atoms with Crippen molar-refractivity contribution in [2.24, 2.45) is 0 Å². The van der Waals surface area contributed by atoms with Crippen molar-refractivity contribution in [3.05, 3.63) is 23.2 Å². The summed E-state index contributed by atoms with van der Waals surface area (Å²) >= 11 is 6.04. The molecule has 2 heterocycles. The number of nitrogens with zero attached hydrogens (tertiary/aromatic N) is 1. The Morgan fingerprint density at radius 3 is 3.20 bits per heavy atom. The maximum absolute atomic E-state index is 11.9. The molecule has 3 rings (SSSR count). The van der Waals surface area contributed by atoms with Crippen molar-refractivity contribution < 1.29 is 9.53 Å². The number of nitrogens with one attached hydrogen (secondary N) is 3. The SMILES string of the molecule is O=C(CC1CNCCO1)Nc1nc2c(Cl)cccc2[nH]1. The van der Waals surface area contributed by atoms with Crippen LogP contribution in [0.4, 0.5) is 5.95 Å². The number of aromatic amines is 1. The molecule has 1 saturated heterocycles. The number of para-hydroxylation sites is 1. The molecule has 20 heavy (non-hydrogen) atoms. The summed E-state index contributed by atoms with van der Waals surface area (Å²) in [5.41, 5.74) is 1.45. The molecule has 1 atom stereocenters. The minimum absolute atomic E-state index is 0.0864. The van der Waals surface area contributed by atoms with E-state index in [2.05, 4.69) is 20.6 Å². The van der Waals surface area contributed by atoms with Gasteiger partial charge in [0.1, 0.15) is 5.52 Å². The van der Waals surface area contributed by atoms with Gasteiger partial charge in [0.25, 0.3) is 0 Å². The van der Waals surface area contributed by atoms with Gasteiger partial charge in [-0.2, -0.15) is 0 Å². The number of hydrogen-bond donors (Lipinski definition) is 3. The number of benzene rings is 1. The van der Waals surface area contributed by atoms with Crippen LogP contribution in [0.2, 0.25) is 5.02 Å². The predicted octanol–water partition coefficient (Wildman–Crippen LogP) is 1.53. The highest BCUT2D eigenvalue weighted by atomic mass is 35.5. The first kappa shape index (κ1) is 13.4. The Balaban J connectivity index is 1.66. The summed E-state index contributed by atoms with van der Waals surface area (Å²) < 4.78 is 5.49. The van der Waals surface area contributed by atoms with Gasteiger partial charge >= 0.3 is 0 Å². The van der Waals surface area contributed by atoms with Gasteiger partial charge in [-0.1, -0.05) is 17.7 Å². The Kier molecular flexibility index (Phi) is 3.86. The molecule has 0 saturated carbocycles. The number of ether oxygens (including phenoxy) is 1. The smallest absolute Gasteiger partial charge is 0.229 e. The zero-order valence-corrected chi connectivity index (χ0v) is 11.5. The number of anilines is 1. The maximum atomic E-state index is 11.9. The second-order valence-corrected chi connectivity index (χ2v) is 5.08. The highest BCUT2D eigenvalue weighted by molar-refractivity contribution is 6.35. The second-order valence-electron chi connectivity index (χ2n) is 4.67. The van der Waals surface area contributed by atoms with Gasteiger partial charge in [0.15, 0.2) is 0 Å². The summed E-state index contributed by atoms with van der Waals surface area (Å²) in [7, 11) is 0. The van der Waals surface area contributed by atoms with Crippen LogP contribution >= 0.6 is 11.6 Å². The van der Waals surface area contributed by atoms with Gasteiger partial charge in [0.2, 0.25) is 11.9 Å². The van der Waals surface area contributed by atoms with Crippen LogP contribution in [0.1, 0.15) is 6.42 Å². The summed E-state index contributed by atoms with van der Waals surface area (Å²) in [6.07, 6.45) is 0.217. The third-order valence-electron chi connectivity index (χ3n) is 3.14. The third-order valence-corrected chi connectivity index (χ3v) is 3.44. The fourth-order valence-corrected chi connectivity index (χ4v) is 2.41. The monoisotopic (exact) mass is 294 g/mol. The van der Waals surface area contributed by atoms with E-state index in [0.717, 1.165) is 12.1 Å². The van der Waals surface area contributed by atoms with Crippen molar-refractivity contribution >= 4 is 34.5 Å². The molecule has 1 amide bonds. The largest absolute Gasteiger partial charge is 0.375 e. The molecule has 1 aromatic heterocycles. The third kappa shape index (κ3) is 2.92. The van der Waals surface area contributed by atoms with Crippen molar-refractivity contribution in [2.45, 2.75) is 12.5 Å². The molecule has 1 aliphatic rings. The molecule has 3 N–H and O–H groups in total. The Morgan fingerprint density at radius 1 is 1.55 bits per heavy atom. The second kappa shape index (κ2) is 5.78. The van der Waals surface area contributed by atoms with Gasteiger partial charge in [-0.15, -0.1) is 0 Å². The molecule has 1 aliphatic heterocycles. The molecule has 1 aromatic carbocycles. The molecule has 0 aliphatic carbocycles. The lowest BCUT2D eigenvalue weighted by Gasteiger charge is -2.22. The molecule has 7 heteroatoms. The minimum Gasteiger partial charge on any atom is -0.375 e. The van der Waals surface area contributed by atoms with Crippen LogP contribution in [0.25, 0.3) is 11.0 Å². The Bertz CT molecular complexity index is 622. The number of aromatic nitrogens is 2. The highest BCUT2D eigenvalue weighted by Crippen LogP contribution is 2.22. The molecule has 0 bridgehead atoms. The fourth-order valence-electron chi connectivity index (χ4n) is 2.20. The van der Waals surface area contributed by atoms with E-state index < -0.39 is 0 Å². The number of amides is 1. The van der Waals surface area contributed by atoms with Gasteiger partial charge in [0, 0.05) is 13.1 Å². The van der Waals surface area contributed by atoms with Crippen LogP contribution in [-0.2, 0) is 9.53 Å². The lowest BCUT2D eigenvalue weighted by Crippen LogP contribution is -2.40. The van der Waals surface area contributed by atoms with E-state index in [9.17, 15) is 4.79 Å². The Morgan fingerprint density at radius 2 is 2.45 bits per heavy atom. The van der Waals surface area contributed by atoms with Crippen LogP contribution in [0, 0.1) is 0 Å². The number of morpholine rings is 1. The number of carbonyl (C=O) groups is 1. The van der Waals surface area contributed by atoms with Gasteiger partial charge in [-0.25, -0.2) is 4.98 Å². The molecule has 1 unspecified atom stereocenters. The van der Waals surface area contributed by atoms with E-state index in [0.29, 0.717) is 36.1 Å². The lowest BCUT2D eigenvalue weighted by atomic mass is 10.2. The summed E-state index contributed by atoms with van der Waals surface area (Å²) in [4.78, 5) is 19.2. The van der Waals surface area contributed by atoms with Gasteiger partial charge in [-0.3, -0.25) is 10.1 Å².